The van der Waals surface area contributed by atoms with Crippen molar-refractivity contribution in [3.05, 3.63) is 313 Å². The molecule has 0 radical (unpaired) electrons. The van der Waals surface area contributed by atoms with E-state index in [9.17, 15) is 0 Å². The average molecular weight is 2320 g/mol. The molecule has 24 rings (SSSR count). The Bertz CT molecular complexity index is 7550. The van der Waals surface area contributed by atoms with Gasteiger partial charge in [-0.3, -0.25) is 0 Å². The summed E-state index contributed by atoms with van der Waals surface area (Å²) in [4.78, 5) is 43.3. The second kappa shape index (κ2) is 38.0. The van der Waals surface area contributed by atoms with Gasteiger partial charge in [0, 0.05) is 126 Å². The quantitative estimate of drug-likeness (QED) is 0.0314. The van der Waals surface area contributed by atoms with E-state index in [0.717, 1.165) is 105 Å². The van der Waals surface area contributed by atoms with E-state index in [1.165, 1.54) is 46.4 Å². The van der Waals surface area contributed by atoms with Crippen molar-refractivity contribution in [3.63, 3.8) is 0 Å². The molecule has 0 bridgehead atoms. The predicted octanol–water partition coefficient (Wildman–Crippen LogP) is 33.2. The summed E-state index contributed by atoms with van der Waals surface area (Å²) in [7, 11) is 0. The first-order chi connectivity index (χ1) is 62.9. The zero-order valence-electron chi connectivity index (χ0n) is 67.7. The normalized spacial score (nSPS) is 12.1. The molecule has 0 amide bonds. The van der Waals surface area contributed by atoms with Crippen molar-refractivity contribution in [2.45, 2.75) is 65.2 Å². The number of anilines is 6. The van der Waals surface area contributed by atoms with E-state index >= 15 is 0 Å². The summed E-state index contributed by atoms with van der Waals surface area (Å²) < 4.78 is 39.9. The molecule has 0 fully saturated rings. The van der Waals surface area contributed by atoms with Crippen LogP contribution in [0.25, 0.3) is 135 Å². The smallest absolute Gasteiger partial charge is 1.00 e. The van der Waals surface area contributed by atoms with Crippen LogP contribution in [0.4, 0.5) is 34.1 Å². The summed E-state index contributed by atoms with van der Waals surface area (Å²) in [5.74, 6) is 3.07. The molecule has 0 N–H and O–H groups in total. The van der Waals surface area contributed by atoms with Crippen LogP contribution in [0, 0.1) is 3.57 Å². The Morgan fingerprint density at radius 2 is 0.534 bits per heavy atom. The second-order valence-electron chi connectivity index (χ2n) is 29.5. The van der Waals surface area contributed by atoms with Crippen LogP contribution in [0.2, 0.25) is 30.1 Å². The molecule has 3 aliphatic heterocycles. The van der Waals surface area contributed by atoms with Crippen LogP contribution >= 0.6 is 251 Å². The number of hydrogen-bond acceptors (Lipinski definition) is 23. The van der Waals surface area contributed by atoms with Crippen molar-refractivity contribution in [2.24, 2.45) is 0 Å². The van der Waals surface area contributed by atoms with Gasteiger partial charge in [0.15, 0.2) is 33.5 Å². The summed E-state index contributed by atoms with van der Waals surface area (Å²) >= 11 is 86.6. The van der Waals surface area contributed by atoms with Gasteiger partial charge >= 0.3 is 29.6 Å². The summed E-state index contributed by atoms with van der Waals surface area (Å²) in [6.07, 6.45) is 0.455. The molecular weight excluding hydrogens is 2260 g/mol. The summed E-state index contributed by atoms with van der Waals surface area (Å²) in [6, 6.07) is 81.4. The molecule has 14 nitrogen and oxygen atoms in total. The van der Waals surface area contributed by atoms with Gasteiger partial charge < -0.3 is 37.7 Å². The fourth-order valence-electron chi connectivity index (χ4n) is 15.3. The van der Waals surface area contributed by atoms with E-state index in [0.29, 0.717) is 142 Å². The fraction of sp³-hybridized carbons (Fsp3) is 0.0103. The number of halogens is 10. The third kappa shape index (κ3) is 18.1. The van der Waals surface area contributed by atoms with Gasteiger partial charge in [-0.2, -0.15) is 0 Å². The maximum atomic E-state index is 7.06. The van der Waals surface area contributed by atoms with Gasteiger partial charge in [-0.25, -0.2) is 29.9 Å². The Morgan fingerprint density at radius 3 is 0.809 bits per heavy atom. The molecule has 0 saturated carbocycles. The Hall–Kier alpha value is -7.22. The predicted molar refractivity (Wildman–Crippen MR) is 565 cm³/mol. The molecule has 640 valence electrons. The molecule has 3 aliphatic rings. The topological polar surface area (TPSA) is 163 Å². The number of benzene rings is 15. The van der Waals surface area contributed by atoms with Gasteiger partial charge in [-0.05, 0) is 216 Å². The van der Waals surface area contributed by atoms with E-state index in [1.807, 2.05) is 224 Å². The third-order valence-corrected chi connectivity index (χ3v) is 31.6. The molecule has 34 heteroatoms. The van der Waals surface area contributed by atoms with Crippen LogP contribution in [0.5, 0.6) is 0 Å². The van der Waals surface area contributed by atoms with Gasteiger partial charge in [-0.15, -0.1) is 75.8 Å². The first-order valence-corrected chi connectivity index (χ1v) is 49.9. The largest absolute Gasteiger partial charge is 1.00 e. The molecular formula is C97H51Br3Cl6IN8NaO6S9. The van der Waals surface area contributed by atoms with Crippen LogP contribution in [-0.2, 0) is 6.42 Å². The maximum absolute atomic E-state index is 7.06. The van der Waals surface area contributed by atoms with Crippen molar-refractivity contribution in [2.75, 3.05) is 9.80 Å². The molecule has 0 spiro atoms. The standard InChI is InChI=1S/C32H17BrCl3N3O2S3.C32H14BrN3O2S3.C27H16Cl2N2O2S2.C6H3BrClIS.Na.H/c33-17-13-20(36)30(27(44)14-17)39(28-18(34)9-15(11-25(28)42)31-37-21-5-1-3-7-23(21)40-31)29-19(35)10-16(12-26(29)43)32-38-22-6-2-4-8-24(22)41-32;33-17-13-26-30-27(14-17)41-25-12-16(32-35-19-6-2-4-8-21(19)38-32)10-23-29(25)36(30)28-22(39-23)9-15(11-24(28)40-26)31-34-18-5-1-3-7-20(18)37-31;28-18-9-14(26-30-20-5-1-3-7-22(20)32-26)11-24(34)16(18)13-17-19(29)10-15(12-25(17)35)27-31-21-6-2-4-8-23(21)33-27;7-3-1-4(8)6(9)5(10)2-3;;/h1-14,42-44H;1-14H;1-12,34-35H,13H2;1-2,10H;;/q;;;;+1;-1. The van der Waals surface area contributed by atoms with Crippen molar-refractivity contribution in [3.8, 4) is 68.7 Å². The zero-order valence-corrected chi connectivity index (χ0v) is 87.9. The van der Waals surface area contributed by atoms with Crippen molar-refractivity contribution in [1.29, 1.82) is 0 Å². The van der Waals surface area contributed by atoms with Gasteiger partial charge in [-0.1, -0.05) is 225 Å². The number of oxazole rings is 6. The number of para-hydroxylation sites is 12. The van der Waals surface area contributed by atoms with Gasteiger partial charge in [0.1, 0.15) is 33.1 Å². The fourth-order valence-corrected chi connectivity index (χ4v) is 25.8. The minimum absolute atomic E-state index is 0. The van der Waals surface area contributed by atoms with Crippen molar-refractivity contribution < 1.29 is 57.5 Å². The molecule has 9 heterocycles. The SMILES string of the molecule is Brc1cc2c3c(c1)Sc1cc(-c4nc5ccccc5o4)cc4c1N3c1c(cc(-c3nc5ccccc5o3)cc1S4)S2.Sc1cc(-c2nc3ccccc3o2)cc(Cl)c1Cc1c(S)cc(-c2nc3ccccc3o2)cc1Cl.Sc1cc(Br)cc(Cl)c1I.Sc1cc(Br)cc(Cl)c1N(c1c(S)cc(-c2nc3ccccc3o2)cc1Cl)c1c(S)cc(-c2nc3ccccc3o2)cc1Cl.[H-].[Na+]. The van der Waals surface area contributed by atoms with Gasteiger partial charge in [0.25, 0.3) is 0 Å². The molecule has 15 aromatic carbocycles. The number of fused-ring (bicyclic) bond motifs is 6. The first kappa shape index (κ1) is 91.5. The minimum atomic E-state index is 0. The van der Waals surface area contributed by atoms with Crippen LogP contribution in [0.15, 0.2) is 353 Å². The summed E-state index contributed by atoms with van der Waals surface area (Å²) in [6.45, 7) is 0. The average Bonchev–Trinajstić information content (AvgIpc) is 0.710. The number of nitrogens with zero attached hydrogens (tertiary/aromatic N) is 8. The number of thiol groups is 6. The van der Waals surface area contributed by atoms with Gasteiger partial charge in [0.05, 0.1) is 54.2 Å². The number of rotatable bonds is 11. The zero-order chi connectivity index (χ0) is 89.3. The third-order valence-electron chi connectivity index (χ3n) is 21.1. The Labute approximate surface area is 884 Å². The van der Waals surface area contributed by atoms with Crippen LogP contribution < -0.4 is 39.4 Å². The second-order valence-corrected chi connectivity index (χ2v) is 41.9. The first-order valence-electron chi connectivity index (χ1n) is 39.0. The monoisotopic (exact) mass is 2310 g/mol. The molecule has 0 aliphatic carbocycles. The molecule has 6 aromatic heterocycles. The van der Waals surface area contributed by atoms with E-state index in [2.05, 4.69) is 144 Å². The minimum Gasteiger partial charge on any atom is -1.00 e. The summed E-state index contributed by atoms with van der Waals surface area (Å²) in [5.41, 5.74) is 20.7. The Kier molecular flexibility index (Phi) is 26.6. The van der Waals surface area contributed by atoms with E-state index in [4.69, 9.17) is 169 Å². The van der Waals surface area contributed by atoms with E-state index in [1.54, 1.807) is 34.9 Å². The van der Waals surface area contributed by atoms with Crippen LogP contribution in [-0.4, -0.2) is 29.9 Å². The molecule has 0 saturated heterocycles. The maximum Gasteiger partial charge on any atom is 1.00 e. The summed E-state index contributed by atoms with van der Waals surface area (Å²) in [5, 5.41) is 2.90. The van der Waals surface area contributed by atoms with Gasteiger partial charge in [0.2, 0.25) is 35.3 Å². The van der Waals surface area contributed by atoms with Crippen molar-refractivity contribution in [1.82, 2.24) is 29.9 Å². The molecule has 0 unspecified atom stereocenters. The van der Waals surface area contributed by atoms with Crippen LogP contribution in [0.1, 0.15) is 12.6 Å². The van der Waals surface area contributed by atoms with E-state index in [-0.39, 0.29) is 31.0 Å². The Balaban J connectivity index is 0.000000121. The Morgan fingerprint density at radius 1 is 0.298 bits per heavy atom. The number of hydrogen-bond donors (Lipinski definition) is 6. The van der Waals surface area contributed by atoms with Crippen LogP contribution in [0.3, 0.4) is 0 Å². The molecule has 131 heavy (non-hydrogen) atoms. The molecule has 0 atom stereocenters. The van der Waals surface area contributed by atoms with E-state index < -0.39 is 0 Å². The number of aromatic nitrogens is 6. The van der Waals surface area contributed by atoms with Crippen molar-refractivity contribution >= 4 is 352 Å². The molecule has 21 aromatic rings.